The zero-order valence-corrected chi connectivity index (χ0v) is 16.3. The Labute approximate surface area is 160 Å². The van der Waals surface area contributed by atoms with Crippen LogP contribution in [0.3, 0.4) is 0 Å². The Kier molecular flexibility index (Phi) is 6.68. The molecule has 1 aliphatic carbocycles. The van der Waals surface area contributed by atoms with Gasteiger partial charge in [0.25, 0.3) is 0 Å². The number of likely N-dealkylation sites (tertiary alicyclic amines) is 1. The Morgan fingerprint density at radius 1 is 1.41 bits per heavy atom. The van der Waals surface area contributed by atoms with Crippen LogP contribution in [-0.2, 0) is 4.79 Å². The number of amides is 1. The molecule has 0 aromatic rings. The number of rotatable bonds is 6. The van der Waals surface area contributed by atoms with Gasteiger partial charge < -0.3 is 10.6 Å². The molecule has 0 bridgehead atoms. The summed E-state index contributed by atoms with van der Waals surface area (Å²) in [6.07, 6.45) is 5.48. The summed E-state index contributed by atoms with van der Waals surface area (Å²) < 4.78 is 13.5. The van der Waals surface area contributed by atoms with Gasteiger partial charge in [-0.15, -0.1) is 0 Å². The zero-order valence-electron chi connectivity index (χ0n) is 16.3. The van der Waals surface area contributed by atoms with E-state index in [0.717, 1.165) is 12.8 Å². The van der Waals surface area contributed by atoms with E-state index in [4.69, 9.17) is 11.0 Å². The van der Waals surface area contributed by atoms with E-state index in [2.05, 4.69) is 35.7 Å². The fourth-order valence-electron chi connectivity index (χ4n) is 4.03. The van der Waals surface area contributed by atoms with Crippen molar-refractivity contribution in [2.75, 3.05) is 19.6 Å². The highest BCUT2D eigenvalue weighted by Gasteiger charge is 2.50. The van der Waals surface area contributed by atoms with Crippen LogP contribution >= 0.6 is 0 Å². The zero-order chi connectivity index (χ0) is 20.1. The predicted molar refractivity (Wildman–Crippen MR) is 105 cm³/mol. The molecule has 0 aromatic heterocycles. The molecule has 1 heterocycles. The van der Waals surface area contributed by atoms with E-state index in [0.29, 0.717) is 12.5 Å². The van der Waals surface area contributed by atoms with Crippen molar-refractivity contribution in [3.05, 3.63) is 0 Å². The molecule has 2 N–H and O–H groups in total. The van der Waals surface area contributed by atoms with Crippen LogP contribution in [0, 0.1) is 28.1 Å². The highest BCUT2D eigenvalue weighted by atomic mass is 19.1. The number of nitriles is 1. The number of alkyl halides is 1. The van der Waals surface area contributed by atoms with E-state index < -0.39 is 12.2 Å². The number of hydrogen-bond donors (Lipinski definition) is 1. The second-order valence-corrected chi connectivity index (χ2v) is 8.15. The van der Waals surface area contributed by atoms with Crippen molar-refractivity contribution < 1.29 is 9.18 Å². The van der Waals surface area contributed by atoms with E-state index in [1.54, 1.807) is 0 Å². The first-order chi connectivity index (χ1) is 12.7. The van der Waals surface area contributed by atoms with Crippen LogP contribution in [0.25, 0.3) is 0 Å². The minimum atomic E-state index is -1.13. The average Bonchev–Trinajstić information content (AvgIpc) is 3.10. The number of hydrogen-bond acceptors (Lipinski definition) is 4. The van der Waals surface area contributed by atoms with Crippen molar-refractivity contribution in [3.63, 3.8) is 0 Å². The lowest BCUT2D eigenvalue weighted by Crippen LogP contribution is -2.38. The number of nitrogens with zero attached hydrogens (tertiary/aromatic N) is 5. The number of carbonyl (C=O) groups excluding carboxylic acids is 1. The van der Waals surface area contributed by atoms with Crippen LogP contribution in [0.4, 0.5) is 4.39 Å². The second-order valence-electron chi connectivity index (χ2n) is 8.15. The molecule has 0 spiro atoms. The lowest BCUT2D eigenvalue weighted by atomic mass is 9.66. The van der Waals surface area contributed by atoms with E-state index in [1.807, 2.05) is 12.3 Å². The van der Waals surface area contributed by atoms with E-state index in [-0.39, 0.29) is 36.2 Å². The van der Waals surface area contributed by atoms with Crippen molar-refractivity contribution in [2.24, 2.45) is 37.5 Å². The van der Waals surface area contributed by atoms with Crippen LogP contribution < -0.4 is 5.73 Å². The van der Waals surface area contributed by atoms with Gasteiger partial charge in [0.05, 0.1) is 19.0 Å². The first-order valence-corrected chi connectivity index (χ1v) is 9.31. The van der Waals surface area contributed by atoms with Crippen molar-refractivity contribution in [3.8, 4) is 6.07 Å². The Hall–Kier alpha value is -2.30. The molecule has 0 aromatic carbocycles. The lowest BCUT2D eigenvalue weighted by Gasteiger charge is -2.38. The van der Waals surface area contributed by atoms with Gasteiger partial charge in [-0.25, -0.2) is 9.38 Å². The number of nitrogens with two attached hydrogens (primary N) is 1. The fourth-order valence-corrected chi connectivity index (χ4v) is 4.03. The molecule has 1 saturated carbocycles. The second kappa shape index (κ2) is 8.59. The molecule has 1 amide bonds. The molecule has 7 nitrogen and oxygen atoms in total. The third kappa shape index (κ3) is 4.52. The van der Waals surface area contributed by atoms with Crippen LogP contribution in [-0.4, -0.2) is 61.5 Å². The summed E-state index contributed by atoms with van der Waals surface area (Å²) in [5.41, 5.74) is 4.99. The van der Waals surface area contributed by atoms with Crippen molar-refractivity contribution in [1.29, 1.82) is 5.26 Å². The fraction of sp³-hybridized carbons (Fsp3) is 0.737. The molecule has 2 aliphatic rings. The van der Waals surface area contributed by atoms with Gasteiger partial charge in [-0.1, -0.05) is 20.8 Å². The van der Waals surface area contributed by atoms with Crippen molar-refractivity contribution in [1.82, 2.24) is 4.90 Å². The molecule has 0 radical (unpaired) electrons. The molecule has 4 unspecified atom stereocenters. The molecule has 1 saturated heterocycles. The summed E-state index contributed by atoms with van der Waals surface area (Å²) in [5, 5.41) is 9.07. The standard InChI is InChI=1S/C19H29FN6O/c1-18(2)14(8-24-13-25-12-22)4-5-19(18,3)11-23-9-17(27)26-10-15(20)6-16(26)7-21/h11-16H,4-6,8-10H2,1-3H3,(H2,22,24,25). The number of halogens is 1. The summed E-state index contributed by atoms with van der Waals surface area (Å²) in [6.45, 7) is 7.14. The highest BCUT2D eigenvalue weighted by molar-refractivity contribution is 5.81. The first kappa shape index (κ1) is 21.0. The summed E-state index contributed by atoms with van der Waals surface area (Å²) in [6, 6.07) is 1.31. The Morgan fingerprint density at radius 2 is 2.15 bits per heavy atom. The van der Waals surface area contributed by atoms with Crippen LogP contribution in [0.2, 0.25) is 0 Å². The van der Waals surface area contributed by atoms with Gasteiger partial charge in [0.2, 0.25) is 5.91 Å². The molecule has 8 heteroatoms. The average molecular weight is 376 g/mol. The molecule has 2 rings (SSSR count). The van der Waals surface area contributed by atoms with Crippen LogP contribution in [0.5, 0.6) is 0 Å². The van der Waals surface area contributed by atoms with E-state index >= 15 is 0 Å². The molecule has 148 valence electrons. The molecular weight excluding hydrogens is 347 g/mol. The minimum absolute atomic E-state index is 0.0132. The summed E-state index contributed by atoms with van der Waals surface area (Å²) in [4.78, 5) is 26.1. The van der Waals surface area contributed by atoms with Gasteiger partial charge in [-0.05, 0) is 24.2 Å². The van der Waals surface area contributed by atoms with Gasteiger partial charge in [0.1, 0.15) is 25.1 Å². The molecule has 2 fully saturated rings. The monoisotopic (exact) mass is 376 g/mol. The summed E-state index contributed by atoms with van der Waals surface area (Å²) in [5.74, 6) is 0.0841. The Bertz CT molecular complexity index is 668. The smallest absolute Gasteiger partial charge is 0.245 e. The third-order valence-corrected chi connectivity index (χ3v) is 6.39. The quantitative estimate of drug-likeness (QED) is 0.565. The number of aliphatic imine (C=N–C) groups is 3. The van der Waals surface area contributed by atoms with E-state index in [1.165, 1.54) is 17.6 Å². The lowest BCUT2D eigenvalue weighted by molar-refractivity contribution is -0.129. The summed E-state index contributed by atoms with van der Waals surface area (Å²) >= 11 is 0. The highest BCUT2D eigenvalue weighted by Crippen LogP contribution is 2.54. The largest absolute Gasteiger partial charge is 0.390 e. The summed E-state index contributed by atoms with van der Waals surface area (Å²) in [7, 11) is 0. The SMILES string of the molecule is CC1(C=NCC(=O)N2CC(F)CC2C#N)CCC(CN=CN=CN)C1(C)C. The van der Waals surface area contributed by atoms with Gasteiger partial charge >= 0.3 is 0 Å². The topological polar surface area (TPSA) is 107 Å². The van der Waals surface area contributed by atoms with Gasteiger partial charge in [0.15, 0.2) is 0 Å². The van der Waals surface area contributed by atoms with Gasteiger partial charge in [-0.2, -0.15) is 5.26 Å². The van der Waals surface area contributed by atoms with Gasteiger partial charge in [-0.3, -0.25) is 14.8 Å². The first-order valence-electron chi connectivity index (χ1n) is 9.31. The maximum atomic E-state index is 13.5. The van der Waals surface area contributed by atoms with Crippen molar-refractivity contribution in [2.45, 2.75) is 52.2 Å². The van der Waals surface area contributed by atoms with Crippen LogP contribution in [0.1, 0.15) is 40.0 Å². The number of carbonyl (C=O) groups is 1. The Morgan fingerprint density at radius 3 is 2.81 bits per heavy atom. The minimum Gasteiger partial charge on any atom is -0.390 e. The van der Waals surface area contributed by atoms with E-state index in [9.17, 15) is 9.18 Å². The Balaban J connectivity index is 1.97. The third-order valence-electron chi connectivity index (χ3n) is 6.39. The normalized spacial score (nSPS) is 33.4. The van der Waals surface area contributed by atoms with Crippen molar-refractivity contribution >= 4 is 24.8 Å². The van der Waals surface area contributed by atoms with Gasteiger partial charge in [0, 0.05) is 24.6 Å². The molecule has 4 atom stereocenters. The molecule has 1 aliphatic heterocycles. The molecule has 27 heavy (non-hydrogen) atoms. The maximum absolute atomic E-state index is 13.5. The predicted octanol–water partition coefficient (Wildman–Crippen LogP) is 1.98. The molecular formula is C19H29FN6O. The maximum Gasteiger partial charge on any atom is 0.245 e. The van der Waals surface area contributed by atoms with Crippen LogP contribution in [0.15, 0.2) is 15.0 Å².